The summed E-state index contributed by atoms with van der Waals surface area (Å²) in [5.41, 5.74) is -1.03. The van der Waals surface area contributed by atoms with Crippen LogP contribution in [0.3, 0.4) is 0 Å². The van der Waals surface area contributed by atoms with Crippen molar-refractivity contribution in [1.29, 1.82) is 0 Å². The number of carboxylic acids is 1. The fourth-order valence-corrected chi connectivity index (χ4v) is 1.52. The molecule has 1 heterocycles. The highest BCUT2D eigenvalue weighted by Gasteiger charge is 2.61. The van der Waals surface area contributed by atoms with Crippen molar-refractivity contribution in [3.05, 3.63) is 0 Å². The first kappa shape index (κ1) is 13.7. The summed E-state index contributed by atoms with van der Waals surface area (Å²) >= 11 is 0. The number of alkyl halides is 3. The van der Waals surface area contributed by atoms with E-state index < -0.39 is 43.0 Å². The monoisotopic (exact) mass is 256 g/mol. The molecule has 0 aromatic rings. The van der Waals surface area contributed by atoms with E-state index in [0.717, 1.165) is 0 Å². The molecule has 98 valence electrons. The predicted molar refractivity (Wildman–Crippen MR) is 47.7 cm³/mol. The lowest BCUT2D eigenvalue weighted by atomic mass is 9.85. The van der Waals surface area contributed by atoms with Crippen molar-refractivity contribution in [3.63, 3.8) is 0 Å². The Balaban J connectivity index is 2.66. The molecule has 1 fully saturated rings. The van der Waals surface area contributed by atoms with Gasteiger partial charge in [0.25, 0.3) is 5.91 Å². The number of carbonyl (C=O) groups excluding carboxylic acids is 1. The van der Waals surface area contributed by atoms with E-state index in [9.17, 15) is 22.8 Å². The van der Waals surface area contributed by atoms with Crippen LogP contribution in [0.4, 0.5) is 13.2 Å². The molecule has 1 saturated heterocycles. The first-order valence-electron chi connectivity index (χ1n) is 4.71. The molecule has 6 nitrogen and oxygen atoms in total. The quantitative estimate of drug-likeness (QED) is 0.599. The summed E-state index contributed by atoms with van der Waals surface area (Å²) in [5, 5.41) is 10.7. The zero-order valence-corrected chi connectivity index (χ0v) is 8.63. The number of amides is 1. The number of hydroxylamine groups is 1. The van der Waals surface area contributed by atoms with Crippen LogP contribution in [0.1, 0.15) is 6.42 Å². The van der Waals surface area contributed by atoms with Gasteiger partial charge >= 0.3 is 12.1 Å². The number of hydrogen-bond donors (Lipinski definition) is 3. The third-order valence-electron chi connectivity index (χ3n) is 2.49. The van der Waals surface area contributed by atoms with Crippen LogP contribution in [0, 0.1) is 5.41 Å². The minimum atomic E-state index is -4.72. The predicted octanol–water partition coefficient (Wildman–Crippen LogP) is -0.339. The minimum absolute atomic E-state index is 0.0614. The lowest BCUT2D eigenvalue weighted by Gasteiger charge is -2.28. The second-order valence-electron chi connectivity index (χ2n) is 3.62. The molecule has 0 bridgehead atoms. The van der Waals surface area contributed by atoms with Gasteiger partial charge in [0.2, 0.25) is 0 Å². The maximum Gasteiger partial charge on any atom is 0.404 e. The summed E-state index contributed by atoms with van der Waals surface area (Å²) in [6.07, 6.45) is -5.12. The van der Waals surface area contributed by atoms with E-state index in [4.69, 9.17) is 5.11 Å². The molecule has 1 amide bonds. The molecule has 1 aliphatic rings. The molecular formula is C8H11F3N2O4. The molecule has 1 unspecified atom stereocenters. The average Bonchev–Trinajstić information content (AvgIpc) is 2.65. The zero-order valence-electron chi connectivity index (χ0n) is 8.63. The van der Waals surface area contributed by atoms with Crippen molar-refractivity contribution in [2.24, 2.45) is 5.41 Å². The van der Waals surface area contributed by atoms with Crippen molar-refractivity contribution in [2.75, 3.05) is 19.7 Å². The second kappa shape index (κ2) is 4.88. The molecule has 1 atom stereocenters. The van der Waals surface area contributed by atoms with E-state index >= 15 is 0 Å². The van der Waals surface area contributed by atoms with Crippen molar-refractivity contribution in [2.45, 2.75) is 12.6 Å². The summed E-state index contributed by atoms with van der Waals surface area (Å²) in [6.45, 7) is -1.38. The van der Waals surface area contributed by atoms with Gasteiger partial charge in [0.15, 0.2) is 12.0 Å². The molecule has 0 aromatic carbocycles. The number of nitrogens with one attached hydrogen (secondary N) is 2. The van der Waals surface area contributed by atoms with Gasteiger partial charge in [0.05, 0.1) is 0 Å². The van der Waals surface area contributed by atoms with E-state index in [1.54, 1.807) is 0 Å². The maximum atomic E-state index is 12.8. The van der Waals surface area contributed by atoms with Crippen LogP contribution < -0.4 is 10.8 Å². The highest BCUT2D eigenvalue weighted by Crippen LogP contribution is 2.43. The lowest BCUT2D eigenvalue weighted by molar-refractivity contribution is -0.221. The Bertz CT molecular complexity index is 312. The number of rotatable bonds is 4. The largest absolute Gasteiger partial charge is 0.479 e. The summed E-state index contributed by atoms with van der Waals surface area (Å²) in [5.74, 6) is -2.77. The van der Waals surface area contributed by atoms with Gasteiger partial charge in [-0.25, -0.2) is 10.3 Å². The van der Waals surface area contributed by atoms with Crippen LogP contribution in [0.25, 0.3) is 0 Å². The summed E-state index contributed by atoms with van der Waals surface area (Å²) in [6, 6.07) is 0. The van der Waals surface area contributed by atoms with E-state index in [1.165, 1.54) is 5.48 Å². The average molecular weight is 256 g/mol. The Morgan fingerprint density at radius 1 is 1.47 bits per heavy atom. The molecule has 0 radical (unpaired) electrons. The van der Waals surface area contributed by atoms with Gasteiger partial charge in [0, 0.05) is 6.54 Å². The highest BCUT2D eigenvalue weighted by molar-refractivity contribution is 5.83. The van der Waals surface area contributed by atoms with Crippen molar-refractivity contribution in [3.8, 4) is 0 Å². The van der Waals surface area contributed by atoms with Crippen LogP contribution >= 0.6 is 0 Å². The Morgan fingerprint density at radius 2 is 2.12 bits per heavy atom. The van der Waals surface area contributed by atoms with Crippen molar-refractivity contribution >= 4 is 11.9 Å². The fraction of sp³-hybridized carbons (Fsp3) is 0.750. The normalized spacial score (nSPS) is 24.6. The lowest BCUT2D eigenvalue weighted by Crippen LogP contribution is -2.52. The third kappa shape index (κ3) is 2.86. The number of hydrogen-bond acceptors (Lipinski definition) is 4. The highest BCUT2D eigenvalue weighted by atomic mass is 19.4. The molecule has 9 heteroatoms. The summed E-state index contributed by atoms with van der Waals surface area (Å²) in [7, 11) is 0. The molecule has 1 aliphatic heterocycles. The van der Waals surface area contributed by atoms with Gasteiger partial charge in [-0.2, -0.15) is 13.2 Å². The van der Waals surface area contributed by atoms with Crippen molar-refractivity contribution in [1.82, 2.24) is 10.8 Å². The van der Waals surface area contributed by atoms with E-state index in [0.29, 0.717) is 0 Å². The number of carbonyl (C=O) groups is 2. The molecule has 0 saturated carbocycles. The molecule has 3 N–H and O–H groups in total. The molecule has 0 spiro atoms. The van der Waals surface area contributed by atoms with E-state index in [2.05, 4.69) is 10.2 Å². The first-order chi connectivity index (χ1) is 7.79. The van der Waals surface area contributed by atoms with Crippen molar-refractivity contribution < 1.29 is 32.7 Å². The number of aliphatic carboxylic acids is 1. The van der Waals surface area contributed by atoms with Crippen LogP contribution in [0.2, 0.25) is 0 Å². The smallest absolute Gasteiger partial charge is 0.404 e. The SMILES string of the molecule is O=C(O)CONC(=O)C1(C(F)(F)F)CCNC1. The standard InChI is InChI=1S/C8H11F3N2O4/c9-8(10,11)7(1-2-12-4-7)6(16)13-17-3-5(14)15/h12H,1-4H2,(H,13,16)(H,14,15). The first-order valence-corrected chi connectivity index (χ1v) is 4.71. The topological polar surface area (TPSA) is 87.7 Å². The fourth-order valence-electron chi connectivity index (χ4n) is 1.52. The van der Waals surface area contributed by atoms with Crippen LogP contribution in [-0.2, 0) is 14.4 Å². The van der Waals surface area contributed by atoms with Gasteiger partial charge in [-0.3, -0.25) is 9.63 Å². The third-order valence-corrected chi connectivity index (χ3v) is 2.49. The van der Waals surface area contributed by atoms with Gasteiger partial charge in [-0.1, -0.05) is 0 Å². The molecule has 17 heavy (non-hydrogen) atoms. The van der Waals surface area contributed by atoms with E-state index in [-0.39, 0.29) is 6.54 Å². The maximum absolute atomic E-state index is 12.8. The zero-order chi connectivity index (χ0) is 13.1. The summed E-state index contributed by atoms with van der Waals surface area (Å²) in [4.78, 5) is 25.6. The second-order valence-corrected chi connectivity index (χ2v) is 3.62. The van der Waals surface area contributed by atoms with Crippen LogP contribution in [0.15, 0.2) is 0 Å². The molecule has 0 aliphatic carbocycles. The Hall–Kier alpha value is -1.35. The van der Waals surface area contributed by atoms with Crippen LogP contribution in [-0.4, -0.2) is 42.9 Å². The molecule has 0 aromatic heterocycles. The van der Waals surface area contributed by atoms with Gasteiger partial charge in [0.1, 0.15) is 0 Å². The number of carboxylic acid groups (broad SMARTS) is 1. The molecular weight excluding hydrogens is 245 g/mol. The molecule has 1 rings (SSSR count). The van der Waals surface area contributed by atoms with Gasteiger partial charge in [-0.05, 0) is 13.0 Å². The Kier molecular flexibility index (Phi) is 3.94. The summed E-state index contributed by atoms with van der Waals surface area (Å²) < 4.78 is 38.3. The Morgan fingerprint density at radius 3 is 2.53 bits per heavy atom. The van der Waals surface area contributed by atoms with E-state index in [1.807, 2.05) is 0 Å². The van der Waals surface area contributed by atoms with Gasteiger partial charge < -0.3 is 10.4 Å². The van der Waals surface area contributed by atoms with Crippen LogP contribution in [0.5, 0.6) is 0 Å². The number of halogens is 3. The van der Waals surface area contributed by atoms with Gasteiger partial charge in [-0.15, -0.1) is 0 Å². The minimum Gasteiger partial charge on any atom is -0.479 e. The Labute approximate surface area is 94.1 Å².